The first-order valence-corrected chi connectivity index (χ1v) is 8.20. The molecule has 0 unspecified atom stereocenters. The van der Waals surface area contributed by atoms with E-state index in [1.807, 2.05) is 0 Å². The minimum Gasteiger partial charge on any atom is -0.372 e. The van der Waals surface area contributed by atoms with Crippen molar-refractivity contribution in [3.63, 3.8) is 0 Å². The van der Waals surface area contributed by atoms with Crippen molar-refractivity contribution in [3.8, 4) is 0 Å². The van der Waals surface area contributed by atoms with Crippen LogP contribution in [0.4, 0.5) is 11.5 Å². The third-order valence-electron chi connectivity index (χ3n) is 2.47. The molecular formula is C12H11BrClN3O2S. The number of nitrogens with one attached hydrogen (secondary N) is 2. The number of nitrogens with zero attached hydrogens (tertiary/aromatic N) is 1. The Hall–Kier alpha value is -1.31. The minimum atomic E-state index is -3.74. The normalized spacial score (nSPS) is 11.2. The SMILES string of the molecule is CNc1ncccc1S(=O)(=O)Nc1ccc(Cl)cc1Br. The summed E-state index contributed by atoms with van der Waals surface area (Å²) in [5, 5.41) is 3.26. The van der Waals surface area contributed by atoms with E-state index < -0.39 is 10.0 Å². The summed E-state index contributed by atoms with van der Waals surface area (Å²) in [6.07, 6.45) is 1.52. The smallest absolute Gasteiger partial charge is 0.265 e. The van der Waals surface area contributed by atoms with Gasteiger partial charge >= 0.3 is 0 Å². The fraction of sp³-hybridized carbons (Fsp3) is 0.0833. The average Bonchev–Trinajstić information content (AvgIpc) is 2.42. The van der Waals surface area contributed by atoms with Crippen molar-refractivity contribution in [1.82, 2.24) is 4.98 Å². The summed E-state index contributed by atoms with van der Waals surface area (Å²) in [5.74, 6) is 0.282. The van der Waals surface area contributed by atoms with Gasteiger partial charge < -0.3 is 5.32 Å². The maximum Gasteiger partial charge on any atom is 0.265 e. The van der Waals surface area contributed by atoms with Crippen molar-refractivity contribution < 1.29 is 8.42 Å². The van der Waals surface area contributed by atoms with Gasteiger partial charge in [-0.2, -0.15) is 0 Å². The van der Waals surface area contributed by atoms with E-state index in [-0.39, 0.29) is 10.7 Å². The molecule has 0 fully saturated rings. The number of hydrogen-bond donors (Lipinski definition) is 2. The molecule has 0 atom stereocenters. The second kappa shape index (κ2) is 5.99. The fourth-order valence-electron chi connectivity index (χ4n) is 1.57. The van der Waals surface area contributed by atoms with E-state index in [4.69, 9.17) is 11.6 Å². The number of rotatable bonds is 4. The molecule has 0 bridgehead atoms. The third kappa shape index (κ3) is 3.23. The second-order valence-corrected chi connectivity index (χ2v) is 6.77. The van der Waals surface area contributed by atoms with Gasteiger partial charge in [0, 0.05) is 22.7 Å². The zero-order chi connectivity index (χ0) is 14.8. The van der Waals surface area contributed by atoms with Gasteiger partial charge in [-0.15, -0.1) is 0 Å². The predicted molar refractivity (Wildman–Crippen MR) is 83.7 cm³/mol. The molecule has 1 aromatic carbocycles. The van der Waals surface area contributed by atoms with Crippen LogP contribution in [-0.2, 0) is 10.0 Å². The van der Waals surface area contributed by atoms with E-state index in [0.29, 0.717) is 15.2 Å². The molecule has 0 aliphatic heterocycles. The van der Waals surface area contributed by atoms with Gasteiger partial charge in [-0.3, -0.25) is 4.72 Å². The van der Waals surface area contributed by atoms with E-state index in [1.54, 1.807) is 31.3 Å². The highest BCUT2D eigenvalue weighted by molar-refractivity contribution is 9.10. The minimum absolute atomic E-state index is 0.0735. The summed E-state index contributed by atoms with van der Waals surface area (Å²) >= 11 is 9.09. The summed E-state index contributed by atoms with van der Waals surface area (Å²) in [6, 6.07) is 7.84. The van der Waals surface area contributed by atoms with Crippen molar-refractivity contribution in [2.45, 2.75) is 4.90 Å². The largest absolute Gasteiger partial charge is 0.372 e. The van der Waals surface area contributed by atoms with Crippen molar-refractivity contribution in [1.29, 1.82) is 0 Å². The Labute approximate surface area is 130 Å². The van der Waals surface area contributed by atoms with Gasteiger partial charge in [-0.1, -0.05) is 11.6 Å². The van der Waals surface area contributed by atoms with E-state index in [9.17, 15) is 8.42 Å². The van der Waals surface area contributed by atoms with Gasteiger partial charge in [-0.25, -0.2) is 13.4 Å². The number of sulfonamides is 1. The number of hydrogen-bond acceptors (Lipinski definition) is 4. The van der Waals surface area contributed by atoms with Crippen molar-refractivity contribution in [3.05, 3.63) is 46.0 Å². The second-order valence-electron chi connectivity index (χ2n) is 3.83. The van der Waals surface area contributed by atoms with Crippen LogP contribution in [0.15, 0.2) is 45.9 Å². The lowest BCUT2D eigenvalue weighted by atomic mass is 10.3. The van der Waals surface area contributed by atoms with Gasteiger partial charge in [0.15, 0.2) is 0 Å². The third-order valence-corrected chi connectivity index (χ3v) is 4.76. The molecule has 5 nitrogen and oxygen atoms in total. The molecule has 0 saturated carbocycles. The molecule has 106 valence electrons. The first-order valence-electron chi connectivity index (χ1n) is 5.54. The number of anilines is 2. The molecule has 8 heteroatoms. The molecule has 1 heterocycles. The van der Waals surface area contributed by atoms with Crippen LogP contribution in [0.3, 0.4) is 0 Å². The molecule has 2 aromatic rings. The zero-order valence-electron chi connectivity index (χ0n) is 10.4. The number of pyridine rings is 1. The van der Waals surface area contributed by atoms with E-state index in [1.165, 1.54) is 12.3 Å². The van der Waals surface area contributed by atoms with E-state index in [0.717, 1.165) is 0 Å². The average molecular weight is 377 g/mol. The van der Waals surface area contributed by atoms with Crippen LogP contribution >= 0.6 is 27.5 Å². The molecule has 0 aliphatic carbocycles. The Kier molecular flexibility index (Phi) is 4.52. The standard InChI is InChI=1S/C12H11BrClN3O2S/c1-15-12-11(3-2-6-16-12)20(18,19)17-10-5-4-8(14)7-9(10)13/h2-7,17H,1H3,(H,15,16). The molecule has 0 amide bonds. The summed E-state index contributed by atoms with van der Waals surface area (Å²) < 4.78 is 27.8. The Morgan fingerprint density at radius 3 is 2.70 bits per heavy atom. The Morgan fingerprint density at radius 1 is 1.30 bits per heavy atom. The Morgan fingerprint density at radius 2 is 2.05 bits per heavy atom. The van der Waals surface area contributed by atoms with Crippen LogP contribution in [0.25, 0.3) is 0 Å². The lowest BCUT2D eigenvalue weighted by Crippen LogP contribution is -2.15. The van der Waals surface area contributed by atoms with Gasteiger partial charge in [0.05, 0.1) is 5.69 Å². The molecule has 2 rings (SSSR count). The molecule has 20 heavy (non-hydrogen) atoms. The van der Waals surface area contributed by atoms with Crippen molar-refractivity contribution in [2.75, 3.05) is 17.1 Å². The zero-order valence-corrected chi connectivity index (χ0v) is 13.6. The molecule has 0 aliphatic rings. The quantitative estimate of drug-likeness (QED) is 0.858. The Balaban J connectivity index is 2.41. The maximum absolute atomic E-state index is 12.4. The molecular weight excluding hydrogens is 366 g/mol. The van der Waals surface area contributed by atoms with Gasteiger partial charge in [-0.05, 0) is 46.3 Å². The highest BCUT2D eigenvalue weighted by Gasteiger charge is 2.19. The van der Waals surface area contributed by atoms with Crippen LogP contribution < -0.4 is 10.0 Å². The van der Waals surface area contributed by atoms with Crippen LogP contribution in [0.1, 0.15) is 0 Å². The van der Waals surface area contributed by atoms with Crippen LogP contribution in [0.5, 0.6) is 0 Å². The van der Waals surface area contributed by atoms with Crippen LogP contribution in [-0.4, -0.2) is 20.4 Å². The lowest BCUT2D eigenvalue weighted by Gasteiger charge is -2.12. The van der Waals surface area contributed by atoms with Crippen LogP contribution in [0.2, 0.25) is 5.02 Å². The van der Waals surface area contributed by atoms with Gasteiger partial charge in [0.25, 0.3) is 10.0 Å². The first kappa shape index (κ1) is 15.1. The molecule has 2 N–H and O–H groups in total. The fourth-order valence-corrected chi connectivity index (χ4v) is 3.72. The maximum atomic E-state index is 12.4. The molecule has 0 saturated heterocycles. The van der Waals surface area contributed by atoms with Crippen LogP contribution in [0, 0.1) is 0 Å². The molecule has 1 aromatic heterocycles. The monoisotopic (exact) mass is 375 g/mol. The van der Waals surface area contributed by atoms with E-state index >= 15 is 0 Å². The highest BCUT2D eigenvalue weighted by Crippen LogP contribution is 2.29. The summed E-state index contributed by atoms with van der Waals surface area (Å²) in [7, 11) is -2.13. The summed E-state index contributed by atoms with van der Waals surface area (Å²) in [4.78, 5) is 4.05. The number of halogens is 2. The molecule has 0 spiro atoms. The van der Waals surface area contributed by atoms with Crippen molar-refractivity contribution >= 4 is 49.1 Å². The van der Waals surface area contributed by atoms with Crippen molar-refractivity contribution in [2.24, 2.45) is 0 Å². The van der Waals surface area contributed by atoms with Gasteiger partial charge in [0.2, 0.25) is 0 Å². The Bertz CT molecular complexity index is 737. The lowest BCUT2D eigenvalue weighted by molar-refractivity contribution is 0.601. The number of benzene rings is 1. The topological polar surface area (TPSA) is 71.1 Å². The summed E-state index contributed by atoms with van der Waals surface area (Å²) in [5.41, 5.74) is 0.403. The highest BCUT2D eigenvalue weighted by atomic mass is 79.9. The van der Waals surface area contributed by atoms with Gasteiger partial charge in [0.1, 0.15) is 10.7 Å². The predicted octanol–water partition coefficient (Wildman–Crippen LogP) is 3.34. The number of aromatic nitrogens is 1. The summed E-state index contributed by atoms with van der Waals surface area (Å²) in [6.45, 7) is 0. The molecule has 0 radical (unpaired) electrons. The first-order chi connectivity index (χ1) is 9.44. The van der Waals surface area contributed by atoms with E-state index in [2.05, 4.69) is 31.0 Å².